The van der Waals surface area contributed by atoms with E-state index in [1.54, 1.807) is 0 Å². The van der Waals surface area contributed by atoms with Gasteiger partial charge in [-0.15, -0.1) is 0 Å². The van der Waals surface area contributed by atoms with Gasteiger partial charge in [-0.1, -0.05) is 38.1 Å². The smallest absolute Gasteiger partial charge is 0.00136 e. The molecule has 1 nitrogen and oxygen atoms in total. The lowest BCUT2D eigenvalue weighted by atomic mass is 9.94. The van der Waals surface area contributed by atoms with E-state index in [0.717, 1.165) is 12.8 Å². The van der Waals surface area contributed by atoms with E-state index in [-0.39, 0.29) is 0 Å². The molecule has 1 rings (SSSR count). The van der Waals surface area contributed by atoms with Crippen LogP contribution in [0.5, 0.6) is 0 Å². The second kappa shape index (κ2) is 5.16. The highest BCUT2D eigenvalue weighted by Crippen LogP contribution is 2.20. The summed E-state index contributed by atoms with van der Waals surface area (Å²) < 4.78 is 0. The fraction of sp³-hybridized carbons (Fsp3) is 0.538. The molecule has 0 aliphatic carbocycles. The highest BCUT2D eigenvalue weighted by atomic mass is 14.6. The molecular weight excluding hydrogens is 170 g/mol. The molecule has 0 heterocycles. The number of benzene rings is 1. The molecule has 78 valence electrons. The summed E-state index contributed by atoms with van der Waals surface area (Å²) in [4.78, 5) is 0. The van der Waals surface area contributed by atoms with Crippen molar-refractivity contribution >= 4 is 0 Å². The van der Waals surface area contributed by atoms with Gasteiger partial charge in [0, 0.05) is 6.04 Å². The highest BCUT2D eigenvalue weighted by molar-refractivity contribution is 5.29. The first-order chi connectivity index (χ1) is 6.61. The van der Waals surface area contributed by atoms with Crippen LogP contribution in [0.3, 0.4) is 0 Å². The number of hydrogen-bond donors (Lipinski definition) is 1. The lowest BCUT2D eigenvalue weighted by Gasteiger charge is -2.13. The first kappa shape index (κ1) is 11.3. The van der Waals surface area contributed by atoms with Crippen LogP contribution in [0.1, 0.15) is 44.2 Å². The molecule has 1 aromatic carbocycles. The van der Waals surface area contributed by atoms with Crippen LogP contribution in [-0.2, 0) is 6.42 Å². The third-order valence-corrected chi connectivity index (χ3v) is 2.55. The Morgan fingerprint density at radius 2 is 1.79 bits per heavy atom. The minimum absolute atomic E-state index is 0.301. The minimum atomic E-state index is 0.301. The Hall–Kier alpha value is -0.820. The molecule has 0 bridgehead atoms. The molecule has 0 radical (unpaired) electrons. The van der Waals surface area contributed by atoms with Crippen molar-refractivity contribution in [2.45, 2.75) is 45.6 Å². The summed E-state index contributed by atoms with van der Waals surface area (Å²) in [6.45, 7) is 6.55. The molecule has 1 heteroatoms. The largest absolute Gasteiger partial charge is 0.328 e. The van der Waals surface area contributed by atoms with E-state index in [2.05, 4.69) is 45.0 Å². The summed E-state index contributed by atoms with van der Waals surface area (Å²) in [7, 11) is 0. The van der Waals surface area contributed by atoms with E-state index in [1.165, 1.54) is 11.1 Å². The van der Waals surface area contributed by atoms with Gasteiger partial charge in [0.25, 0.3) is 0 Å². The van der Waals surface area contributed by atoms with Crippen molar-refractivity contribution in [3.63, 3.8) is 0 Å². The molecule has 0 amide bonds. The van der Waals surface area contributed by atoms with Crippen LogP contribution in [0.25, 0.3) is 0 Å². The van der Waals surface area contributed by atoms with Crippen LogP contribution in [0.2, 0.25) is 0 Å². The Morgan fingerprint density at radius 1 is 1.14 bits per heavy atom. The van der Waals surface area contributed by atoms with Gasteiger partial charge in [-0.05, 0) is 36.8 Å². The molecule has 0 saturated heterocycles. The normalized spacial score (nSPS) is 13.2. The Kier molecular flexibility index (Phi) is 4.15. The first-order valence-corrected chi connectivity index (χ1v) is 5.44. The monoisotopic (exact) mass is 191 g/mol. The predicted octanol–water partition coefficient (Wildman–Crippen LogP) is 3.09. The average Bonchev–Trinajstić information content (AvgIpc) is 2.15. The van der Waals surface area contributed by atoms with Gasteiger partial charge in [-0.25, -0.2) is 0 Å². The van der Waals surface area contributed by atoms with Gasteiger partial charge in [0.05, 0.1) is 0 Å². The van der Waals surface area contributed by atoms with E-state index >= 15 is 0 Å². The molecule has 14 heavy (non-hydrogen) atoms. The zero-order valence-corrected chi connectivity index (χ0v) is 9.46. The van der Waals surface area contributed by atoms with E-state index < -0.39 is 0 Å². The number of aryl methyl sites for hydroxylation is 1. The molecule has 0 spiro atoms. The predicted molar refractivity (Wildman–Crippen MR) is 62.5 cm³/mol. The van der Waals surface area contributed by atoms with Gasteiger partial charge in [0.2, 0.25) is 0 Å². The van der Waals surface area contributed by atoms with Crippen LogP contribution < -0.4 is 5.73 Å². The van der Waals surface area contributed by atoms with Crippen molar-refractivity contribution in [3.8, 4) is 0 Å². The van der Waals surface area contributed by atoms with E-state index in [1.807, 2.05) is 0 Å². The number of nitrogens with two attached hydrogens (primary N) is 1. The molecule has 1 atom stereocenters. The fourth-order valence-electron chi connectivity index (χ4n) is 1.71. The molecule has 0 saturated carbocycles. The minimum Gasteiger partial charge on any atom is -0.328 e. The number of rotatable bonds is 4. The van der Waals surface area contributed by atoms with Crippen molar-refractivity contribution in [1.29, 1.82) is 0 Å². The second-order valence-corrected chi connectivity index (χ2v) is 4.37. The Labute approximate surface area is 87.3 Å². The van der Waals surface area contributed by atoms with Crippen LogP contribution in [0, 0.1) is 0 Å². The first-order valence-electron chi connectivity index (χ1n) is 5.44. The maximum Gasteiger partial charge on any atom is 0.00136 e. The summed E-state index contributed by atoms with van der Waals surface area (Å²) >= 11 is 0. The summed E-state index contributed by atoms with van der Waals surface area (Å²) in [5, 5.41) is 0. The van der Waals surface area contributed by atoms with Crippen LogP contribution >= 0.6 is 0 Å². The average molecular weight is 191 g/mol. The Balaban J connectivity index is 2.74. The molecular formula is C13H21N. The summed E-state index contributed by atoms with van der Waals surface area (Å²) in [5.74, 6) is 0.610. The van der Waals surface area contributed by atoms with E-state index in [9.17, 15) is 0 Å². The Bertz CT molecular complexity index is 276. The maximum absolute atomic E-state index is 5.77. The summed E-state index contributed by atoms with van der Waals surface area (Å²) in [6, 6.07) is 8.97. The van der Waals surface area contributed by atoms with Gasteiger partial charge < -0.3 is 5.73 Å². The molecule has 0 fully saturated rings. The standard InChI is InChI=1S/C13H21N/c1-10(2)13-7-5-4-6-12(13)9-8-11(3)14/h4-7,10-11H,8-9,14H2,1-3H3/t11-/m0/s1. The molecule has 0 aliphatic heterocycles. The summed E-state index contributed by atoms with van der Waals surface area (Å²) in [5.41, 5.74) is 8.69. The zero-order valence-electron chi connectivity index (χ0n) is 9.46. The molecule has 0 aliphatic rings. The van der Waals surface area contributed by atoms with Crippen LogP contribution in [-0.4, -0.2) is 6.04 Å². The second-order valence-electron chi connectivity index (χ2n) is 4.37. The topological polar surface area (TPSA) is 26.0 Å². The number of hydrogen-bond acceptors (Lipinski definition) is 1. The molecule has 0 aromatic heterocycles. The van der Waals surface area contributed by atoms with Gasteiger partial charge in [-0.2, -0.15) is 0 Å². The lowest BCUT2D eigenvalue weighted by molar-refractivity contribution is 0.660. The van der Waals surface area contributed by atoms with E-state index in [0.29, 0.717) is 12.0 Å². The third-order valence-electron chi connectivity index (χ3n) is 2.55. The molecule has 2 N–H and O–H groups in total. The van der Waals surface area contributed by atoms with Crippen LogP contribution in [0.15, 0.2) is 24.3 Å². The SMILES string of the molecule is CC(C)c1ccccc1CC[C@H](C)N. The van der Waals surface area contributed by atoms with Crippen molar-refractivity contribution in [2.24, 2.45) is 5.73 Å². The fourth-order valence-corrected chi connectivity index (χ4v) is 1.71. The van der Waals surface area contributed by atoms with Crippen molar-refractivity contribution in [3.05, 3.63) is 35.4 Å². The summed E-state index contributed by atoms with van der Waals surface area (Å²) in [6.07, 6.45) is 2.18. The van der Waals surface area contributed by atoms with Crippen molar-refractivity contribution < 1.29 is 0 Å². The Morgan fingerprint density at radius 3 is 2.36 bits per heavy atom. The molecule has 0 unspecified atom stereocenters. The van der Waals surface area contributed by atoms with Gasteiger partial charge >= 0.3 is 0 Å². The molecule has 1 aromatic rings. The van der Waals surface area contributed by atoms with Crippen LogP contribution in [0.4, 0.5) is 0 Å². The van der Waals surface area contributed by atoms with Gasteiger partial charge in [0.1, 0.15) is 0 Å². The quantitative estimate of drug-likeness (QED) is 0.777. The van der Waals surface area contributed by atoms with E-state index in [4.69, 9.17) is 5.73 Å². The lowest BCUT2D eigenvalue weighted by Crippen LogP contribution is -2.15. The zero-order chi connectivity index (χ0) is 10.6. The van der Waals surface area contributed by atoms with Gasteiger partial charge in [0.15, 0.2) is 0 Å². The van der Waals surface area contributed by atoms with Crippen molar-refractivity contribution in [1.82, 2.24) is 0 Å². The maximum atomic E-state index is 5.77. The highest BCUT2D eigenvalue weighted by Gasteiger charge is 2.05. The van der Waals surface area contributed by atoms with Gasteiger partial charge in [-0.3, -0.25) is 0 Å². The van der Waals surface area contributed by atoms with Crippen molar-refractivity contribution in [2.75, 3.05) is 0 Å². The third kappa shape index (κ3) is 3.15.